The summed E-state index contributed by atoms with van der Waals surface area (Å²) in [6.07, 6.45) is 2.38. The lowest BCUT2D eigenvalue weighted by Crippen LogP contribution is -2.37. The third-order valence-electron chi connectivity index (χ3n) is 4.07. The van der Waals surface area contributed by atoms with Gasteiger partial charge in [-0.2, -0.15) is 0 Å². The van der Waals surface area contributed by atoms with Crippen molar-refractivity contribution in [3.63, 3.8) is 0 Å². The molecule has 0 unspecified atom stereocenters. The van der Waals surface area contributed by atoms with Gasteiger partial charge in [0, 0.05) is 32.0 Å². The average Bonchev–Trinajstić information content (AvgIpc) is 2.95. The number of carbonyl (C=O) groups excluding carboxylic acids is 1. The van der Waals surface area contributed by atoms with Crippen LogP contribution in [0.15, 0.2) is 5.38 Å². The van der Waals surface area contributed by atoms with Crippen molar-refractivity contribution in [3.8, 4) is 0 Å². The summed E-state index contributed by atoms with van der Waals surface area (Å²) in [5.41, 5.74) is 1.15. The number of rotatable bonds is 7. The van der Waals surface area contributed by atoms with Crippen LogP contribution >= 0.6 is 11.3 Å². The van der Waals surface area contributed by atoms with Crippen LogP contribution in [0.4, 0.5) is 0 Å². The van der Waals surface area contributed by atoms with Crippen molar-refractivity contribution in [2.45, 2.75) is 46.3 Å². The Hall–Kier alpha value is -0.980. The number of aromatic nitrogens is 1. The molecule has 5 nitrogen and oxygen atoms in total. The molecule has 1 fully saturated rings. The summed E-state index contributed by atoms with van der Waals surface area (Å²) in [7, 11) is 0. The van der Waals surface area contributed by atoms with E-state index >= 15 is 0 Å². The van der Waals surface area contributed by atoms with Crippen LogP contribution in [0.5, 0.6) is 0 Å². The van der Waals surface area contributed by atoms with Crippen molar-refractivity contribution in [1.82, 2.24) is 15.2 Å². The molecule has 124 valence electrons. The molecule has 0 saturated carbocycles. The highest BCUT2D eigenvalue weighted by atomic mass is 32.1. The highest BCUT2D eigenvalue weighted by Gasteiger charge is 2.20. The summed E-state index contributed by atoms with van der Waals surface area (Å²) in [5, 5.41) is 6.14. The Labute approximate surface area is 137 Å². The second-order valence-electron chi connectivity index (χ2n) is 5.93. The molecule has 2 rings (SSSR count). The normalized spacial score (nSPS) is 18.3. The Morgan fingerprint density at radius 3 is 2.91 bits per heavy atom. The maximum atomic E-state index is 11.0. The SMILES string of the molecule is CCO[C@H](C)c1nc(CN2CCC(CNC(C)=O)CC2)cs1. The van der Waals surface area contributed by atoms with Crippen molar-refractivity contribution >= 4 is 17.2 Å². The molecule has 1 N–H and O–H groups in total. The van der Waals surface area contributed by atoms with Crippen LogP contribution in [0.2, 0.25) is 0 Å². The number of thiazole rings is 1. The Bertz CT molecular complexity index is 470. The van der Waals surface area contributed by atoms with Crippen LogP contribution in [0.25, 0.3) is 0 Å². The molecular weight excluding hydrogens is 298 g/mol. The molecule has 1 aromatic rings. The number of nitrogens with one attached hydrogen (secondary N) is 1. The zero-order chi connectivity index (χ0) is 15.9. The molecule has 1 amide bonds. The molecule has 1 aliphatic rings. The van der Waals surface area contributed by atoms with Gasteiger partial charge in [-0.05, 0) is 45.7 Å². The summed E-state index contributed by atoms with van der Waals surface area (Å²) >= 11 is 1.69. The fourth-order valence-corrected chi connectivity index (χ4v) is 3.58. The Kier molecular flexibility index (Phi) is 6.79. The maximum absolute atomic E-state index is 11.0. The maximum Gasteiger partial charge on any atom is 0.216 e. The van der Waals surface area contributed by atoms with E-state index in [-0.39, 0.29) is 12.0 Å². The number of carbonyl (C=O) groups is 1. The second kappa shape index (κ2) is 8.60. The van der Waals surface area contributed by atoms with Crippen molar-refractivity contribution in [2.24, 2.45) is 5.92 Å². The summed E-state index contributed by atoms with van der Waals surface area (Å²) in [4.78, 5) is 18.1. The minimum Gasteiger partial charge on any atom is -0.372 e. The van der Waals surface area contributed by atoms with Crippen molar-refractivity contribution in [3.05, 3.63) is 16.1 Å². The van der Waals surface area contributed by atoms with Gasteiger partial charge >= 0.3 is 0 Å². The number of piperidine rings is 1. The fraction of sp³-hybridized carbons (Fsp3) is 0.750. The van der Waals surface area contributed by atoms with Crippen LogP contribution in [0.1, 0.15) is 50.4 Å². The molecule has 6 heteroatoms. The molecule has 22 heavy (non-hydrogen) atoms. The van der Waals surface area contributed by atoms with Gasteiger partial charge in [0.1, 0.15) is 11.1 Å². The third kappa shape index (κ3) is 5.34. The van der Waals surface area contributed by atoms with Crippen LogP contribution in [-0.2, 0) is 16.1 Å². The van der Waals surface area contributed by atoms with Gasteiger partial charge < -0.3 is 10.1 Å². The number of ether oxygens (including phenoxy) is 1. The first-order chi connectivity index (χ1) is 10.6. The van der Waals surface area contributed by atoms with E-state index < -0.39 is 0 Å². The van der Waals surface area contributed by atoms with E-state index in [0.29, 0.717) is 5.92 Å². The minimum absolute atomic E-state index is 0.0702. The summed E-state index contributed by atoms with van der Waals surface area (Å²) in [6.45, 7) is 10.3. The first-order valence-electron chi connectivity index (χ1n) is 8.11. The van der Waals surface area contributed by atoms with E-state index in [0.717, 1.165) is 56.3 Å². The molecule has 0 spiro atoms. The quantitative estimate of drug-likeness (QED) is 0.837. The van der Waals surface area contributed by atoms with E-state index in [1.165, 1.54) is 0 Å². The Balaban J connectivity index is 1.75. The number of likely N-dealkylation sites (tertiary alicyclic amines) is 1. The van der Waals surface area contributed by atoms with Gasteiger partial charge in [-0.1, -0.05) is 0 Å². The fourth-order valence-electron chi connectivity index (χ4n) is 2.77. The van der Waals surface area contributed by atoms with Crippen molar-refractivity contribution in [1.29, 1.82) is 0 Å². The zero-order valence-electron chi connectivity index (χ0n) is 13.8. The van der Waals surface area contributed by atoms with Crippen LogP contribution in [0.3, 0.4) is 0 Å². The number of hydrogen-bond acceptors (Lipinski definition) is 5. The lowest BCUT2D eigenvalue weighted by molar-refractivity contribution is -0.119. The molecule has 1 aromatic heterocycles. The van der Waals surface area contributed by atoms with Gasteiger partial charge in [0.25, 0.3) is 0 Å². The lowest BCUT2D eigenvalue weighted by atomic mass is 9.97. The molecule has 2 heterocycles. The zero-order valence-corrected chi connectivity index (χ0v) is 14.6. The van der Waals surface area contributed by atoms with E-state index in [4.69, 9.17) is 9.72 Å². The summed E-state index contributed by atoms with van der Waals surface area (Å²) in [5.74, 6) is 0.685. The predicted octanol–water partition coefficient (Wildman–Crippen LogP) is 2.59. The lowest BCUT2D eigenvalue weighted by Gasteiger charge is -2.31. The van der Waals surface area contributed by atoms with Crippen LogP contribution in [0, 0.1) is 5.92 Å². The molecule has 1 aliphatic heterocycles. The number of hydrogen-bond donors (Lipinski definition) is 1. The van der Waals surface area contributed by atoms with Gasteiger partial charge in [0.15, 0.2) is 0 Å². The molecule has 0 bridgehead atoms. The van der Waals surface area contributed by atoms with E-state index in [2.05, 4.69) is 22.5 Å². The van der Waals surface area contributed by atoms with Crippen LogP contribution in [-0.4, -0.2) is 42.0 Å². The monoisotopic (exact) mass is 325 g/mol. The predicted molar refractivity (Wildman–Crippen MR) is 88.8 cm³/mol. The number of amides is 1. The largest absolute Gasteiger partial charge is 0.372 e. The molecule has 0 aliphatic carbocycles. The number of nitrogens with zero attached hydrogens (tertiary/aromatic N) is 2. The second-order valence-corrected chi connectivity index (χ2v) is 6.82. The van der Waals surface area contributed by atoms with Gasteiger partial charge in [0.2, 0.25) is 5.91 Å². The van der Waals surface area contributed by atoms with Crippen molar-refractivity contribution < 1.29 is 9.53 Å². The standard InChI is InChI=1S/C16H27N3O2S/c1-4-21-12(2)16-18-15(11-22-16)10-19-7-5-14(6-8-19)9-17-13(3)20/h11-12,14H,4-10H2,1-3H3,(H,17,20)/t12-/m1/s1. The van der Waals surface area contributed by atoms with Crippen molar-refractivity contribution in [2.75, 3.05) is 26.2 Å². The minimum atomic E-state index is 0.0702. The Morgan fingerprint density at radius 1 is 1.55 bits per heavy atom. The molecule has 0 aromatic carbocycles. The first kappa shape index (κ1) is 17.4. The molecule has 0 radical (unpaired) electrons. The first-order valence-corrected chi connectivity index (χ1v) is 8.99. The Morgan fingerprint density at radius 2 is 2.27 bits per heavy atom. The third-order valence-corrected chi connectivity index (χ3v) is 5.12. The molecule has 1 atom stereocenters. The van der Waals surface area contributed by atoms with E-state index in [9.17, 15) is 4.79 Å². The summed E-state index contributed by atoms with van der Waals surface area (Å²) in [6, 6.07) is 0. The van der Waals surface area contributed by atoms with Gasteiger partial charge in [-0.15, -0.1) is 11.3 Å². The van der Waals surface area contributed by atoms with Gasteiger partial charge in [0.05, 0.1) is 5.69 Å². The van der Waals surface area contributed by atoms with E-state index in [1.807, 2.05) is 6.92 Å². The van der Waals surface area contributed by atoms with Crippen LogP contribution < -0.4 is 5.32 Å². The average molecular weight is 325 g/mol. The topological polar surface area (TPSA) is 54.5 Å². The molecular formula is C16H27N3O2S. The highest BCUT2D eigenvalue weighted by Crippen LogP contribution is 2.23. The van der Waals surface area contributed by atoms with Gasteiger partial charge in [-0.3, -0.25) is 9.69 Å². The smallest absolute Gasteiger partial charge is 0.216 e. The summed E-state index contributed by atoms with van der Waals surface area (Å²) < 4.78 is 5.59. The van der Waals surface area contributed by atoms with E-state index in [1.54, 1.807) is 18.3 Å². The highest BCUT2D eigenvalue weighted by molar-refractivity contribution is 7.09. The molecule has 1 saturated heterocycles. The van der Waals surface area contributed by atoms with Gasteiger partial charge in [-0.25, -0.2) is 4.98 Å².